The van der Waals surface area contributed by atoms with Crippen LogP contribution in [0.5, 0.6) is 0 Å². The minimum absolute atomic E-state index is 0.225. The first-order chi connectivity index (χ1) is 18.6. The number of carbonyl (C=O) groups is 1. The first kappa shape index (κ1) is 27.0. The molecule has 2 N–H and O–H groups in total. The maximum atomic E-state index is 13.0. The molecule has 1 aromatic heterocycles. The number of rotatable bonds is 9. The lowest BCUT2D eigenvalue weighted by Gasteiger charge is -2.13. The minimum Gasteiger partial charge on any atom is -0.481 e. The summed E-state index contributed by atoms with van der Waals surface area (Å²) in [5.74, 6) is -0.0200. The fourth-order valence-electron chi connectivity index (χ4n) is 4.67. The molecule has 0 spiro atoms. The molecule has 1 unspecified atom stereocenters. The van der Waals surface area contributed by atoms with E-state index in [4.69, 9.17) is 4.52 Å². The van der Waals surface area contributed by atoms with Crippen molar-refractivity contribution in [3.8, 4) is 22.5 Å². The number of nitrogens with zero attached hydrogens (tertiary/aromatic N) is 1. The molecule has 0 radical (unpaired) electrons. The summed E-state index contributed by atoms with van der Waals surface area (Å²) in [6, 6.07) is 20.4. The number of halogens is 3. The zero-order valence-corrected chi connectivity index (χ0v) is 21.9. The molecule has 202 valence electrons. The molecule has 9 heteroatoms. The molecular formula is C30H26F3NO4S. The summed E-state index contributed by atoms with van der Waals surface area (Å²) >= 11 is 1.15. The topological polar surface area (TPSA) is 83.6 Å². The van der Waals surface area contributed by atoms with E-state index in [0.717, 1.165) is 51.7 Å². The Hall–Kier alpha value is -3.56. The number of aliphatic hydroxyl groups excluding tert-OH is 1. The lowest BCUT2D eigenvalue weighted by molar-refractivity contribution is -0.140. The number of hydrogen-bond acceptors (Lipinski definition) is 5. The van der Waals surface area contributed by atoms with Crippen molar-refractivity contribution in [3.05, 3.63) is 101 Å². The Kier molecular flexibility index (Phi) is 7.31. The Labute approximate surface area is 227 Å². The maximum absolute atomic E-state index is 13.0. The van der Waals surface area contributed by atoms with Crippen LogP contribution in [0.15, 0.2) is 77.3 Å². The quantitative estimate of drug-likeness (QED) is 0.213. The van der Waals surface area contributed by atoms with Crippen LogP contribution >= 0.6 is 11.8 Å². The molecule has 4 aromatic rings. The molecule has 0 aliphatic heterocycles. The van der Waals surface area contributed by atoms with E-state index >= 15 is 0 Å². The summed E-state index contributed by atoms with van der Waals surface area (Å²) in [5, 5.41) is 24.2. The number of aliphatic carboxylic acids is 1. The van der Waals surface area contributed by atoms with Crippen LogP contribution < -0.4 is 0 Å². The van der Waals surface area contributed by atoms with Crippen molar-refractivity contribution in [2.45, 2.75) is 49.0 Å². The Morgan fingerprint density at radius 2 is 1.64 bits per heavy atom. The highest BCUT2D eigenvalue weighted by molar-refractivity contribution is 7.98. The van der Waals surface area contributed by atoms with Crippen LogP contribution in [0.4, 0.5) is 13.2 Å². The van der Waals surface area contributed by atoms with Gasteiger partial charge in [0.25, 0.3) is 0 Å². The third kappa shape index (κ3) is 5.74. The Morgan fingerprint density at radius 1 is 1.03 bits per heavy atom. The van der Waals surface area contributed by atoms with Crippen molar-refractivity contribution in [1.29, 1.82) is 0 Å². The summed E-state index contributed by atoms with van der Waals surface area (Å²) < 4.78 is 44.5. The van der Waals surface area contributed by atoms with Gasteiger partial charge in [-0.25, -0.2) is 0 Å². The van der Waals surface area contributed by atoms with E-state index in [1.54, 1.807) is 13.0 Å². The van der Waals surface area contributed by atoms with E-state index in [1.165, 1.54) is 6.07 Å². The molecule has 39 heavy (non-hydrogen) atoms. The van der Waals surface area contributed by atoms with Crippen molar-refractivity contribution < 1.29 is 32.7 Å². The number of carboxylic acids is 1. The van der Waals surface area contributed by atoms with Crippen LogP contribution in [0.1, 0.15) is 40.8 Å². The van der Waals surface area contributed by atoms with E-state index in [9.17, 15) is 28.2 Å². The number of carboxylic acid groups (broad SMARTS) is 1. The average Bonchev–Trinajstić information content (AvgIpc) is 3.67. The third-order valence-corrected chi connectivity index (χ3v) is 8.19. The number of aromatic nitrogens is 1. The van der Waals surface area contributed by atoms with E-state index in [0.29, 0.717) is 29.9 Å². The van der Waals surface area contributed by atoms with Gasteiger partial charge < -0.3 is 14.7 Å². The van der Waals surface area contributed by atoms with Gasteiger partial charge in [0.15, 0.2) is 5.76 Å². The Morgan fingerprint density at radius 3 is 2.23 bits per heavy atom. The second-order valence-electron chi connectivity index (χ2n) is 9.79. The van der Waals surface area contributed by atoms with Crippen LogP contribution in [0, 0.1) is 6.92 Å². The van der Waals surface area contributed by atoms with Gasteiger partial charge in [0, 0.05) is 23.3 Å². The molecule has 1 heterocycles. The summed E-state index contributed by atoms with van der Waals surface area (Å²) in [6.45, 7) is 1.78. The number of aryl methyl sites for hydroxylation is 1. The molecule has 0 saturated heterocycles. The number of aliphatic hydroxyl groups is 1. The predicted octanol–water partition coefficient (Wildman–Crippen LogP) is 7.25. The molecule has 1 atom stereocenters. The van der Waals surface area contributed by atoms with Crippen molar-refractivity contribution >= 4 is 17.7 Å². The van der Waals surface area contributed by atoms with Gasteiger partial charge in [0.2, 0.25) is 0 Å². The Balaban J connectivity index is 1.26. The van der Waals surface area contributed by atoms with Gasteiger partial charge in [-0.1, -0.05) is 71.9 Å². The van der Waals surface area contributed by atoms with Crippen molar-refractivity contribution in [3.63, 3.8) is 0 Å². The predicted molar refractivity (Wildman–Crippen MR) is 143 cm³/mol. The lowest BCUT2D eigenvalue weighted by atomic mass is 9.93. The molecule has 3 aromatic carbocycles. The highest BCUT2D eigenvalue weighted by Crippen LogP contribution is 2.48. The van der Waals surface area contributed by atoms with E-state index in [2.05, 4.69) is 5.16 Å². The van der Waals surface area contributed by atoms with Crippen LogP contribution in [-0.4, -0.2) is 26.8 Å². The van der Waals surface area contributed by atoms with E-state index < -0.39 is 28.6 Å². The second kappa shape index (κ2) is 10.5. The molecule has 5 rings (SSSR count). The number of hydrogen-bond donors (Lipinski definition) is 2. The largest absolute Gasteiger partial charge is 0.481 e. The van der Waals surface area contributed by atoms with Crippen LogP contribution in [0.2, 0.25) is 0 Å². The second-order valence-corrected chi connectivity index (χ2v) is 11.0. The lowest BCUT2D eigenvalue weighted by Crippen LogP contribution is -2.19. The SMILES string of the molecule is Cc1noc(-c2ccc(-c3ccc(C4(C(=O)O)CC4)cc3)cc2)c1CC(O)SCc1cccc(C(F)(F)F)c1. The standard InChI is InChI=1S/C30H26F3NO4S/c1-18-25(16-26(35)39-17-19-3-2-4-24(15-19)30(31,32)33)27(38-34-18)22-7-5-20(6-8-22)21-9-11-23(12-10-21)29(13-14-29)28(36)37/h2-12,15,26,35H,13-14,16-17H2,1H3,(H,36,37). The van der Waals surface area contributed by atoms with Gasteiger partial charge in [0.05, 0.1) is 16.7 Å². The number of thioether (sulfide) groups is 1. The van der Waals surface area contributed by atoms with Gasteiger partial charge in [-0.05, 0) is 48.1 Å². The summed E-state index contributed by atoms with van der Waals surface area (Å²) in [4.78, 5) is 11.6. The maximum Gasteiger partial charge on any atom is 0.416 e. The highest BCUT2D eigenvalue weighted by atomic mass is 32.2. The van der Waals surface area contributed by atoms with E-state index in [1.807, 2.05) is 48.5 Å². The summed E-state index contributed by atoms with van der Waals surface area (Å²) in [5.41, 5.74) is 3.06. The summed E-state index contributed by atoms with van der Waals surface area (Å²) in [7, 11) is 0. The minimum atomic E-state index is -4.41. The molecule has 1 aliphatic carbocycles. The molecular weight excluding hydrogens is 527 g/mol. The fourth-order valence-corrected chi connectivity index (χ4v) is 5.52. The normalized spacial score (nSPS) is 15.2. The smallest absolute Gasteiger partial charge is 0.416 e. The highest BCUT2D eigenvalue weighted by Gasteiger charge is 2.51. The van der Waals surface area contributed by atoms with Gasteiger partial charge in [0.1, 0.15) is 5.44 Å². The molecule has 5 nitrogen and oxygen atoms in total. The molecule has 1 aliphatic rings. The number of benzene rings is 3. The molecule has 1 saturated carbocycles. The molecule has 0 amide bonds. The van der Waals surface area contributed by atoms with Gasteiger partial charge in [-0.3, -0.25) is 4.79 Å². The fraction of sp³-hybridized carbons (Fsp3) is 0.267. The van der Waals surface area contributed by atoms with Gasteiger partial charge >= 0.3 is 12.1 Å². The monoisotopic (exact) mass is 553 g/mol. The van der Waals surface area contributed by atoms with Crippen LogP contribution in [0.25, 0.3) is 22.5 Å². The average molecular weight is 554 g/mol. The van der Waals surface area contributed by atoms with Crippen LogP contribution in [-0.2, 0) is 28.6 Å². The van der Waals surface area contributed by atoms with Crippen molar-refractivity contribution in [2.75, 3.05) is 0 Å². The van der Waals surface area contributed by atoms with Crippen molar-refractivity contribution in [2.24, 2.45) is 0 Å². The molecule has 1 fully saturated rings. The zero-order chi connectivity index (χ0) is 27.8. The van der Waals surface area contributed by atoms with Gasteiger partial charge in [-0.15, -0.1) is 11.8 Å². The van der Waals surface area contributed by atoms with Gasteiger partial charge in [-0.2, -0.15) is 13.2 Å². The first-order valence-electron chi connectivity index (χ1n) is 12.4. The zero-order valence-electron chi connectivity index (χ0n) is 21.0. The summed E-state index contributed by atoms with van der Waals surface area (Å²) in [6.07, 6.45) is -2.86. The van der Waals surface area contributed by atoms with Crippen LogP contribution in [0.3, 0.4) is 0 Å². The Bertz CT molecular complexity index is 1480. The third-order valence-electron chi connectivity index (χ3n) is 7.14. The van der Waals surface area contributed by atoms with E-state index in [-0.39, 0.29) is 12.2 Å². The molecule has 0 bridgehead atoms. The van der Waals surface area contributed by atoms with Crippen molar-refractivity contribution in [1.82, 2.24) is 5.16 Å². The first-order valence-corrected chi connectivity index (χ1v) is 13.5. The number of alkyl halides is 3.